The molecule has 0 radical (unpaired) electrons. The highest BCUT2D eigenvalue weighted by atomic mass is 35.5. The Bertz CT molecular complexity index is 922. The number of nitrogens with zero attached hydrogens (tertiary/aromatic N) is 4. The van der Waals surface area contributed by atoms with Gasteiger partial charge in [-0.1, -0.05) is 54.0 Å². The molecular formula is C20H23ClN4OS. The van der Waals surface area contributed by atoms with Gasteiger partial charge in [-0.3, -0.25) is 0 Å². The van der Waals surface area contributed by atoms with E-state index in [4.69, 9.17) is 21.7 Å². The van der Waals surface area contributed by atoms with Crippen LogP contribution in [-0.2, 0) is 5.60 Å². The smallest absolute Gasteiger partial charge is 0.214 e. The van der Waals surface area contributed by atoms with Crippen molar-refractivity contribution in [2.45, 2.75) is 50.0 Å². The van der Waals surface area contributed by atoms with E-state index >= 15 is 0 Å². The molecule has 0 amide bonds. The van der Waals surface area contributed by atoms with Crippen LogP contribution in [0.3, 0.4) is 0 Å². The molecule has 3 heterocycles. The molecule has 0 bridgehead atoms. The van der Waals surface area contributed by atoms with Crippen LogP contribution < -0.4 is 4.90 Å². The number of benzene rings is 1. The average Bonchev–Trinajstić information content (AvgIpc) is 3.38. The first-order valence-electron chi connectivity index (χ1n) is 9.71. The Morgan fingerprint density at radius 1 is 1.15 bits per heavy atom. The predicted molar refractivity (Wildman–Crippen MR) is 109 cm³/mol. The fourth-order valence-corrected chi connectivity index (χ4v) is 5.68. The molecule has 0 spiro atoms. The molecule has 5 rings (SSSR count). The van der Waals surface area contributed by atoms with Crippen molar-refractivity contribution in [1.29, 1.82) is 0 Å². The first kappa shape index (κ1) is 17.5. The summed E-state index contributed by atoms with van der Waals surface area (Å²) < 4.78 is 1.93. The third kappa shape index (κ3) is 3.13. The first-order chi connectivity index (χ1) is 13.1. The highest BCUT2D eigenvalue weighted by Crippen LogP contribution is 2.39. The topological polar surface area (TPSA) is 53.7 Å². The molecule has 1 N–H and O–H groups in total. The zero-order valence-electron chi connectivity index (χ0n) is 15.1. The second-order valence-corrected chi connectivity index (χ2v) is 9.10. The number of halogens is 1. The molecule has 7 heteroatoms. The first-order valence-corrected chi connectivity index (χ1v) is 10.9. The number of anilines is 1. The summed E-state index contributed by atoms with van der Waals surface area (Å²) in [7, 11) is 0. The van der Waals surface area contributed by atoms with Crippen LogP contribution >= 0.6 is 22.9 Å². The molecule has 0 unspecified atom stereocenters. The molecule has 2 fully saturated rings. The van der Waals surface area contributed by atoms with Crippen LogP contribution in [0.2, 0.25) is 5.02 Å². The van der Waals surface area contributed by atoms with E-state index < -0.39 is 5.60 Å². The van der Waals surface area contributed by atoms with Crippen molar-refractivity contribution in [1.82, 2.24) is 14.6 Å². The minimum Gasteiger partial charge on any atom is -0.385 e. The fourth-order valence-electron chi connectivity index (χ4n) is 4.43. The van der Waals surface area contributed by atoms with Gasteiger partial charge in [0.2, 0.25) is 10.1 Å². The van der Waals surface area contributed by atoms with Gasteiger partial charge in [0.05, 0.1) is 17.5 Å². The van der Waals surface area contributed by atoms with Gasteiger partial charge in [0.15, 0.2) is 0 Å². The standard InChI is InChI=1S/C20H23ClN4OS/c21-16-8-4-3-7-15(16)20(26)9-11-24(12-10-20)19-23-25-13-17(22-18(25)27-19)14-5-1-2-6-14/h3-4,7-8,13-14,26H,1-2,5-6,9-12H2. The Labute approximate surface area is 167 Å². The minimum atomic E-state index is -0.859. The molecule has 3 aromatic rings. The lowest BCUT2D eigenvalue weighted by molar-refractivity contribution is 0.0118. The number of imidazole rings is 1. The van der Waals surface area contributed by atoms with Gasteiger partial charge < -0.3 is 10.0 Å². The second-order valence-electron chi connectivity index (χ2n) is 7.76. The van der Waals surface area contributed by atoms with Crippen molar-refractivity contribution < 1.29 is 5.11 Å². The lowest BCUT2D eigenvalue weighted by atomic mass is 9.84. The third-order valence-electron chi connectivity index (χ3n) is 6.06. The normalized spacial score (nSPS) is 20.6. The van der Waals surface area contributed by atoms with Gasteiger partial charge in [-0.15, -0.1) is 5.10 Å². The Morgan fingerprint density at radius 3 is 2.59 bits per heavy atom. The maximum atomic E-state index is 11.1. The van der Waals surface area contributed by atoms with Crippen molar-refractivity contribution in [3.8, 4) is 0 Å². The van der Waals surface area contributed by atoms with Crippen LogP contribution in [0.5, 0.6) is 0 Å². The van der Waals surface area contributed by atoms with E-state index in [0.29, 0.717) is 23.8 Å². The Morgan fingerprint density at radius 2 is 1.89 bits per heavy atom. The van der Waals surface area contributed by atoms with Crippen molar-refractivity contribution >= 4 is 33.0 Å². The molecule has 1 saturated heterocycles. The summed E-state index contributed by atoms with van der Waals surface area (Å²) in [6.07, 6.45) is 8.54. The second kappa shape index (κ2) is 6.76. The summed E-state index contributed by atoms with van der Waals surface area (Å²) in [4.78, 5) is 8.04. The van der Waals surface area contributed by atoms with Crippen LogP contribution in [-0.4, -0.2) is 32.8 Å². The highest BCUT2D eigenvalue weighted by molar-refractivity contribution is 7.20. The number of hydrogen-bond donors (Lipinski definition) is 1. The quantitative estimate of drug-likeness (QED) is 0.696. The van der Waals surface area contributed by atoms with E-state index in [1.807, 2.05) is 28.8 Å². The summed E-state index contributed by atoms with van der Waals surface area (Å²) in [6.45, 7) is 1.52. The molecule has 1 aliphatic heterocycles. The molecular weight excluding hydrogens is 380 g/mol. The number of rotatable bonds is 3. The molecule has 2 aliphatic rings. The van der Waals surface area contributed by atoms with Crippen molar-refractivity contribution in [3.05, 3.63) is 46.7 Å². The van der Waals surface area contributed by atoms with E-state index in [0.717, 1.165) is 28.7 Å². The highest BCUT2D eigenvalue weighted by Gasteiger charge is 2.36. The van der Waals surface area contributed by atoms with Crippen LogP contribution in [0.1, 0.15) is 55.7 Å². The van der Waals surface area contributed by atoms with Gasteiger partial charge in [-0.25, -0.2) is 9.50 Å². The number of aliphatic hydroxyl groups is 1. The van der Waals surface area contributed by atoms with Crippen LogP contribution in [0.15, 0.2) is 30.5 Å². The third-order valence-corrected chi connectivity index (χ3v) is 7.37. The molecule has 0 atom stereocenters. The van der Waals surface area contributed by atoms with E-state index in [1.54, 1.807) is 11.3 Å². The van der Waals surface area contributed by atoms with E-state index in [2.05, 4.69) is 11.1 Å². The summed E-state index contributed by atoms with van der Waals surface area (Å²) in [5, 5.41) is 17.5. The minimum absolute atomic E-state index is 0.614. The molecule has 5 nitrogen and oxygen atoms in total. The van der Waals surface area contributed by atoms with Crippen LogP contribution in [0.4, 0.5) is 5.13 Å². The maximum absolute atomic E-state index is 11.1. The monoisotopic (exact) mass is 402 g/mol. The molecule has 1 aromatic carbocycles. The molecule has 27 heavy (non-hydrogen) atoms. The van der Waals surface area contributed by atoms with Gasteiger partial charge in [0, 0.05) is 29.6 Å². The fraction of sp³-hybridized carbons (Fsp3) is 0.500. The predicted octanol–water partition coefficient (Wildman–Crippen LogP) is 4.59. The number of piperidine rings is 1. The summed E-state index contributed by atoms with van der Waals surface area (Å²) >= 11 is 7.95. The SMILES string of the molecule is OC1(c2ccccc2Cl)CCN(c2nn3cc(C4CCCC4)nc3s2)CC1. The Hall–Kier alpha value is -1.63. The lowest BCUT2D eigenvalue weighted by Gasteiger charge is -2.38. The largest absolute Gasteiger partial charge is 0.385 e. The number of fused-ring (bicyclic) bond motifs is 1. The average molecular weight is 403 g/mol. The molecule has 1 aliphatic carbocycles. The van der Waals surface area contributed by atoms with Gasteiger partial charge >= 0.3 is 0 Å². The summed E-state index contributed by atoms with van der Waals surface area (Å²) in [5.74, 6) is 0.614. The van der Waals surface area contributed by atoms with Crippen molar-refractivity contribution in [2.24, 2.45) is 0 Å². The van der Waals surface area contributed by atoms with Crippen LogP contribution in [0.25, 0.3) is 4.96 Å². The maximum Gasteiger partial charge on any atom is 0.214 e. The number of aromatic nitrogens is 3. The molecule has 2 aromatic heterocycles. The van der Waals surface area contributed by atoms with Crippen molar-refractivity contribution in [2.75, 3.05) is 18.0 Å². The zero-order chi connectivity index (χ0) is 18.4. The van der Waals surface area contributed by atoms with Gasteiger partial charge in [0.1, 0.15) is 0 Å². The number of hydrogen-bond acceptors (Lipinski definition) is 5. The summed E-state index contributed by atoms with van der Waals surface area (Å²) in [6, 6.07) is 7.61. The Balaban J connectivity index is 1.32. The van der Waals surface area contributed by atoms with E-state index in [9.17, 15) is 5.11 Å². The van der Waals surface area contributed by atoms with Gasteiger partial charge in [0.25, 0.3) is 0 Å². The van der Waals surface area contributed by atoms with Gasteiger partial charge in [-0.2, -0.15) is 0 Å². The van der Waals surface area contributed by atoms with E-state index in [1.165, 1.54) is 31.4 Å². The Kier molecular flexibility index (Phi) is 4.37. The summed E-state index contributed by atoms with van der Waals surface area (Å²) in [5.41, 5.74) is 1.17. The molecule has 142 valence electrons. The van der Waals surface area contributed by atoms with Gasteiger partial charge in [-0.05, 0) is 31.7 Å². The van der Waals surface area contributed by atoms with E-state index in [-0.39, 0.29) is 0 Å². The molecule has 1 saturated carbocycles. The zero-order valence-corrected chi connectivity index (χ0v) is 16.7. The lowest BCUT2D eigenvalue weighted by Crippen LogP contribution is -2.42. The van der Waals surface area contributed by atoms with Crippen molar-refractivity contribution in [3.63, 3.8) is 0 Å². The van der Waals surface area contributed by atoms with Crippen LogP contribution in [0, 0.1) is 0 Å².